The Morgan fingerprint density at radius 2 is 2.17 bits per heavy atom. The first-order chi connectivity index (χ1) is 11.0. The predicted molar refractivity (Wildman–Crippen MR) is 84.9 cm³/mol. The van der Waals surface area contributed by atoms with Gasteiger partial charge >= 0.3 is 5.97 Å². The average molecular weight is 331 g/mol. The Kier molecular flexibility index (Phi) is 3.82. The molecule has 0 aliphatic carbocycles. The molecule has 1 N–H and O–H groups in total. The molecular weight excluding hydrogens is 320 g/mol. The maximum absolute atomic E-state index is 12.3. The predicted octanol–water partition coefficient (Wildman–Crippen LogP) is 3.68. The van der Waals surface area contributed by atoms with Gasteiger partial charge in [0.1, 0.15) is 6.04 Å². The van der Waals surface area contributed by atoms with Gasteiger partial charge in [-0.3, -0.25) is 9.36 Å². The van der Waals surface area contributed by atoms with Crippen LogP contribution in [0.1, 0.15) is 18.2 Å². The Hall–Kier alpha value is -2.76. The lowest BCUT2D eigenvalue weighted by Gasteiger charge is -2.12. The van der Waals surface area contributed by atoms with Crippen LogP contribution in [0.3, 0.4) is 0 Å². The molecule has 3 rings (SSSR count). The maximum atomic E-state index is 12.3. The van der Waals surface area contributed by atoms with Gasteiger partial charge < -0.3 is 5.11 Å². The zero-order chi connectivity index (χ0) is 16.6. The second kappa shape index (κ2) is 5.79. The van der Waals surface area contributed by atoms with Crippen LogP contribution in [-0.2, 0) is 11.2 Å². The number of fused-ring (bicyclic) bond motifs is 1. The van der Waals surface area contributed by atoms with Crippen molar-refractivity contribution in [1.82, 2.24) is 4.57 Å². The highest BCUT2D eigenvalue weighted by molar-refractivity contribution is 6.31. The molecular formula is C15H11ClN4O3. The summed E-state index contributed by atoms with van der Waals surface area (Å²) in [6, 6.07) is 7.03. The number of aromatic nitrogens is 1. The van der Waals surface area contributed by atoms with Crippen LogP contribution in [0.2, 0.25) is 5.02 Å². The summed E-state index contributed by atoms with van der Waals surface area (Å²) in [7, 11) is 0. The van der Waals surface area contributed by atoms with Crippen molar-refractivity contribution in [2.24, 2.45) is 5.11 Å². The number of carboxylic acid groups (broad SMARTS) is 1. The first-order valence-corrected chi connectivity index (χ1v) is 7.22. The van der Waals surface area contributed by atoms with Crippen LogP contribution in [0.4, 0.5) is 5.69 Å². The van der Waals surface area contributed by atoms with Crippen molar-refractivity contribution >= 4 is 23.3 Å². The molecule has 0 fully saturated rings. The molecule has 2 aromatic rings. The van der Waals surface area contributed by atoms with Gasteiger partial charge in [0, 0.05) is 27.4 Å². The van der Waals surface area contributed by atoms with Gasteiger partial charge in [0.15, 0.2) is 0 Å². The number of carbonyl (C=O) groups is 1. The third kappa shape index (κ3) is 2.67. The summed E-state index contributed by atoms with van der Waals surface area (Å²) in [5, 5.41) is 13.2. The van der Waals surface area contributed by atoms with E-state index in [9.17, 15) is 14.7 Å². The number of hydrogen-bond donors (Lipinski definition) is 1. The van der Waals surface area contributed by atoms with Crippen molar-refractivity contribution in [3.05, 3.63) is 61.8 Å². The zero-order valence-corrected chi connectivity index (χ0v) is 12.6. The van der Waals surface area contributed by atoms with Gasteiger partial charge in [0.05, 0.1) is 0 Å². The van der Waals surface area contributed by atoms with Crippen molar-refractivity contribution in [3.8, 4) is 11.1 Å². The molecule has 0 spiro atoms. The van der Waals surface area contributed by atoms with E-state index in [0.29, 0.717) is 40.4 Å². The fourth-order valence-electron chi connectivity index (χ4n) is 2.86. The number of rotatable bonds is 3. The van der Waals surface area contributed by atoms with Crippen LogP contribution in [-0.4, -0.2) is 15.6 Å². The summed E-state index contributed by atoms with van der Waals surface area (Å²) in [6.45, 7) is 0. The van der Waals surface area contributed by atoms with E-state index in [-0.39, 0.29) is 0 Å². The van der Waals surface area contributed by atoms with E-state index in [1.807, 2.05) is 0 Å². The zero-order valence-electron chi connectivity index (χ0n) is 11.8. The molecule has 0 unspecified atom stereocenters. The summed E-state index contributed by atoms with van der Waals surface area (Å²) in [4.78, 5) is 26.3. The number of carboxylic acids is 1. The fourth-order valence-corrected chi connectivity index (χ4v) is 3.03. The number of halogens is 1. The molecule has 8 heteroatoms. The van der Waals surface area contributed by atoms with Gasteiger partial charge in [-0.2, -0.15) is 0 Å². The SMILES string of the molecule is [N-]=[N+]=Nc1ccc(Cl)cc1-c1cc2n(c(=O)c1)[C@H](C(=O)O)CC2. The third-order valence-electron chi connectivity index (χ3n) is 3.84. The molecule has 1 aromatic carbocycles. The second-order valence-corrected chi connectivity index (χ2v) is 5.62. The quantitative estimate of drug-likeness (QED) is 0.526. The van der Waals surface area contributed by atoms with Crippen LogP contribution in [0.5, 0.6) is 0 Å². The number of hydrogen-bond acceptors (Lipinski definition) is 3. The number of aliphatic carboxylic acids is 1. The molecule has 0 saturated carbocycles. The van der Waals surface area contributed by atoms with E-state index in [1.165, 1.54) is 10.6 Å². The normalized spacial score (nSPS) is 15.8. The highest BCUT2D eigenvalue weighted by Crippen LogP contribution is 2.34. The first kappa shape index (κ1) is 15.1. The topological polar surface area (TPSA) is 108 Å². The standard InChI is InChI=1S/C15H11ClN4O3/c16-9-1-3-12(18-19-17)11(7-9)8-5-10-2-4-13(15(22)23)20(10)14(21)6-8/h1,3,5-7,13H,2,4H2,(H,22,23)/t13-/m0/s1. The smallest absolute Gasteiger partial charge is 0.326 e. The van der Waals surface area contributed by atoms with Gasteiger partial charge in [0.25, 0.3) is 5.56 Å². The number of aryl methyl sites for hydroxylation is 1. The monoisotopic (exact) mass is 330 g/mol. The molecule has 0 radical (unpaired) electrons. The summed E-state index contributed by atoms with van der Waals surface area (Å²) in [5.74, 6) is -1.02. The van der Waals surface area contributed by atoms with Crippen molar-refractivity contribution in [3.63, 3.8) is 0 Å². The molecule has 1 aromatic heterocycles. The van der Waals surface area contributed by atoms with Gasteiger partial charge in [-0.1, -0.05) is 22.8 Å². The summed E-state index contributed by atoms with van der Waals surface area (Å²) in [5.41, 5.74) is 10.4. The van der Waals surface area contributed by atoms with Crippen LogP contribution < -0.4 is 5.56 Å². The van der Waals surface area contributed by atoms with Crippen molar-refractivity contribution in [2.75, 3.05) is 0 Å². The molecule has 7 nitrogen and oxygen atoms in total. The molecule has 1 aliphatic heterocycles. The lowest BCUT2D eigenvalue weighted by Crippen LogP contribution is -2.27. The van der Waals surface area contributed by atoms with E-state index in [4.69, 9.17) is 17.1 Å². The van der Waals surface area contributed by atoms with Crippen LogP contribution in [0, 0.1) is 0 Å². The van der Waals surface area contributed by atoms with Crippen molar-refractivity contribution in [1.29, 1.82) is 0 Å². The average Bonchev–Trinajstić information content (AvgIpc) is 2.94. The fraction of sp³-hybridized carbons (Fsp3) is 0.200. The molecule has 0 amide bonds. The largest absolute Gasteiger partial charge is 0.480 e. The Balaban J connectivity index is 2.19. The third-order valence-corrected chi connectivity index (χ3v) is 4.08. The van der Waals surface area contributed by atoms with Gasteiger partial charge in [0.2, 0.25) is 0 Å². The maximum Gasteiger partial charge on any atom is 0.326 e. The molecule has 23 heavy (non-hydrogen) atoms. The van der Waals surface area contributed by atoms with Crippen molar-refractivity contribution < 1.29 is 9.90 Å². The number of nitrogens with zero attached hydrogens (tertiary/aromatic N) is 4. The minimum absolute atomic E-state index is 0.356. The highest BCUT2D eigenvalue weighted by Gasteiger charge is 2.29. The molecule has 1 atom stereocenters. The summed E-state index contributed by atoms with van der Waals surface area (Å²) < 4.78 is 1.30. The molecule has 1 aliphatic rings. The van der Waals surface area contributed by atoms with Crippen LogP contribution in [0.15, 0.2) is 40.2 Å². The lowest BCUT2D eigenvalue weighted by atomic mass is 10.0. The Morgan fingerprint density at radius 1 is 1.39 bits per heavy atom. The van der Waals surface area contributed by atoms with Crippen LogP contribution in [0.25, 0.3) is 21.6 Å². The number of azide groups is 1. The molecule has 2 heterocycles. The molecule has 0 bridgehead atoms. The molecule has 0 saturated heterocycles. The van der Waals surface area contributed by atoms with E-state index in [0.717, 1.165) is 0 Å². The second-order valence-electron chi connectivity index (χ2n) is 5.19. The number of pyridine rings is 1. The van der Waals surface area contributed by atoms with Gasteiger partial charge in [-0.15, -0.1) is 0 Å². The Labute approximate surface area is 135 Å². The van der Waals surface area contributed by atoms with Crippen LogP contribution >= 0.6 is 11.6 Å². The van der Waals surface area contributed by atoms with E-state index in [1.54, 1.807) is 24.3 Å². The molecule has 116 valence electrons. The minimum Gasteiger partial charge on any atom is -0.480 e. The summed E-state index contributed by atoms with van der Waals surface area (Å²) >= 11 is 5.99. The highest BCUT2D eigenvalue weighted by atomic mass is 35.5. The van der Waals surface area contributed by atoms with Gasteiger partial charge in [-0.25, -0.2) is 4.79 Å². The summed E-state index contributed by atoms with van der Waals surface area (Å²) in [6.07, 6.45) is 0.879. The Morgan fingerprint density at radius 3 is 2.87 bits per heavy atom. The Bertz CT molecular complexity index is 915. The minimum atomic E-state index is -1.02. The van der Waals surface area contributed by atoms with Crippen molar-refractivity contribution in [2.45, 2.75) is 18.9 Å². The lowest BCUT2D eigenvalue weighted by molar-refractivity contribution is -0.140. The van der Waals surface area contributed by atoms with Gasteiger partial charge in [-0.05, 0) is 47.7 Å². The first-order valence-electron chi connectivity index (χ1n) is 6.84. The van der Waals surface area contributed by atoms with E-state index >= 15 is 0 Å². The number of benzene rings is 1. The van der Waals surface area contributed by atoms with E-state index < -0.39 is 17.6 Å². The van der Waals surface area contributed by atoms with E-state index in [2.05, 4.69) is 10.0 Å².